The second-order valence-electron chi connectivity index (χ2n) is 2.91. The van der Waals surface area contributed by atoms with Crippen LogP contribution in [0, 0.1) is 0 Å². The number of halogens is 1. The Balaban J connectivity index is 2.91. The van der Waals surface area contributed by atoms with Gasteiger partial charge in [-0.3, -0.25) is 0 Å². The van der Waals surface area contributed by atoms with Gasteiger partial charge in [-0.05, 0) is 40.2 Å². The first-order valence-corrected chi connectivity index (χ1v) is 5.24. The Morgan fingerprint density at radius 1 is 1.50 bits per heavy atom. The molecule has 0 radical (unpaired) electrons. The highest BCUT2D eigenvalue weighted by Gasteiger charge is 2.07. The molecule has 0 aliphatic heterocycles. The highest BCUT2D eigenvalue weighted by atomic mass is 79.9. The minimum absolute atomic E-state index is 0.146. The van der Waals surface area contributed by atoms with E-state index in [4.69, 9.17) is 4.74 Å². The van der Waals surface area contributed by atoms with Crippen LogP contribution in [0.4, 0.5) is 0 Å². The summed E-state index contributed by atoms with van der Waals surface area (Å²) in [6, 6.07) is 3.70. The lowest BCUT2D eigenvalue weighted by atomic mass is 10.2. The van der Waals surface area contributed by atoms with Gasteiger partial charge in [0.15, 0.2) is 11.5 Å². The van der Waals surface area contributed by atoms with E-state index in [1.807, 2.05) is 19.1 Å². The van der Waals surface area contributed by atoms with E-state index in [1.165, 1.54) is 0 Å². The summed E-state index contributed by atoms with van der Waals surface area (Å²) >= 11 is 3.27. The molecule has 0 aliphatic carbocycles. The van der Waals surface area contributed by atoms with Crippen LogP contribution in [0.2, 0.25) is 0 Å². The van der Waals surface area contributed by atoms with E-state index < -0.39 is 0 Å². The monoisotopic (exact) mass is 259 g/mol. The van der Waals surface area contributed by atoms with Crippen molar-refractivity contribution in [2.24, 2.45) is 0 Å². The van der Waals surface area contributed by atoms with Gasteiger partial charge in [0.05, 0.1) is 11.6 Å². The highest BCUT2D eigenvalue weighted by Crippen LogP contribution is 2.35. The lowest BCUT2D eigenvalue weighted by Gasteiger charge is -2.08. The van der Waals surface area contributed by atoms with Gasteiger partial charge in [-0.2, -0.15) is 0 Å². The third kappa shape index (κ3) is 2.62. The van der Waals surface area contributed by atoms with E-state index in [0.717, 1.165) is 18.7 Å². The molecule has 0 saturated carbocycles. The fraction of sp³-hybridized carbons (Fsp3) is 0.400. The predicted octanol–water partition coefficient (Wildman–Crippen LogP) is 2.27. The summed E-state index contributed by atoms with van der Waals surface area (Å²) in [7, 11) is 1.54. The normalized spacial score (nSPS) is 10.2. The van der Waals surface area contributed by atoms with E-state index in [0.29, 0.717) is 10.2 Å². The van der Waals surface area contributed by atoms with Gasteiger partial charge < -0.3 is 15.2 Å². The van der Waals surface area contributed by atoms with E-state index in [1.54, 1.807) is 7.11 Å². The van der Waals surface area contributed by atoms with Crippen LogP contribution in [-0.2, 0) is 6.54 Å². The summed E-state index contributed by atoms with van der Waals surface area (Å²) in [4.78, 5) is 0. The lowest BCUT2D eigenvalue weighted by molar-refractivity contribution is 0.371. The summed E-state index contributed by atoms with van der Waals surface area (Å²) < 4.78 is 5.70. The van der Waals surface area contributed by atoms with Crippen molar-refractivity contribution in [3.05, 3.63) is 22.2 Å². The zero-order valence-electron chi connectivity index (χ0n) is 8.30. The molecule has 14 heavy (non-hydrogen) atoms. The summed E-state index contributed by atoms with van der Waals surface area (Å²) in [5.74, 6) is 0.639. The molecule has 0 atom stereocenters. The van der Waals surface area contributed by atoms with Gasteiger partial charge in [-0.15, -0.1) is 0 Å². The first kappa shape index (κ1) is 11.3. The number of ether oxygens (including phenoxy) is 1. The second-order valence-corrected chi connectivity index (χ2v) is 3.76. The fourth-order valence-corrected chi connectivity index (χ4v) is 1.64. The van der Waals surface area contributed by atoms with Crippen LogP contribution in [0.1, 0.15) is 12.5 Å². The topological polar surface area (TPSA) is 41.5 Å². The average Bonchev–Trinajstić information content (AvgIpc) is 2.19. The van der Waals surface area contributed by atoms with Gasteiger partial charge in [-0.25, -0.2) is 0 Å². The molecule has 0 heterocycles. The highest BCUT2D eigenvalue weighted by molar-refractivity contribution is 9.10. The van der Waals surface area contributed by atoms with Crippen molar-refractivity contribution in [2.75, 3.05) is 13.7 Å². The van der Waals surface area contributed by atoms with Crippen molar-refractivity contribution in [1.82, 2.24) is 5.32 Å². The lowest BCUT2D eigenvalue weighted by Crippen LogP contribution is -2.11. The Kier molecular flexibility index (Phi) is 4.22. The number of hydrogen-bond donors (Lipinski definition) is 2. The number of hydrogen-bond acceptors (Lipinski definition) is 3. The fourth-order valence-electron chi connectivity index (χ4n) is 1.15. The minimum Gasteiger partial charge on any atom is -0.503 e. The SMILES string of the molecule is CCNCc1cc(Br)c(O)c(OC)c1. The Labute approximate surface area is 92.2 Å². The van der Waals surface area contributed by atoms with Gasteiger partial charge in [0.2, 0.25) is 0 Å². The van der Waals surface area contributed by atoms with Crippen molar-refractivity contribution in [3.63, 3.8) is 0 Å². The molecule has 1 aromatic rings. The van der Waals surface area contributed by atoms with Crippen molar-refractivity contribution in [2.45, 2.75) is 13.5 Å². The first-order valence-electron chi connectivity index (χ1n) is 4.45. The zero-order chi connectivity index (χ0) is 10.6. The van der Waals surface area contributed by atoms with Crippen LogP contribution in [0.5, 0.6) is 11.5 Å². The summed E-state index contributed by atoms with van der Waals surface area (Å²) in [5, 5.41) is 12.8. The largest absolute Gasteiger partial charge is 0.503 e. The number of benzene rings is 1. The average molecular weight is 260 g/mol. The molecule has 0 unspecified atom stereocenters. The van der Waals surface area contributed by atoms with Gasteiger partial charge in [0.25, 0.3) is 0 Å². The first-order chi connectivity index (χ1) is 6.69. The maximum absolute atomic E-state index is 9.56. The Bertz CT molecular complexity index is 315. The van der Waals surface area contributed by atoms with Crippen LogP contribution < -0.4 is 10.1 Å². The maximum atomic E-state index is 9.56. The smallest absolute Gasteiger partial charge is 0.172 e. The standard InChI is InChI=1S/C10H14BrNO2/c1-3-12-6-7-4-8(11)10(13)9(5-7)14-2/h4-5,12-13H,3,6H2,1-2H3. The van der Waals surface area contributed by atoms with Crippen molar-refractivity contribution in [3.8, 4) is 11.5 Å². The number of rotatable bonds is 4. The van der Waals surface area contributed by atoms with Gasteiger partial charge in [-0.1, -0.05) is 6.92 Å². The van der Waals surface area contributed by atoms with Gasteiger partial charge in [0, 0.05) is 6.54 Å². The molecule has 0 fully saturated rings. The van der Waals surface area contributed by atoms with Crippen LogP contribution in [0.15, 0.2) is 16.6 Å². The van der Waals surface area contributed by atoms with E-state index in [2.05, 4.69) is 21.2 Å². The number of aromatic hydroxyl groups is 1. The number of nitrogens with one attached hydrogen (secondary N) is 1. The molecule has 1 aromatic carbocycles. The van der Waals surface area contributed by atoms with E-state index >= 15 is 0 Å². The van der Waals surface area contributed by atoms with Crippen molar-refractivity contribution in [1.29, 1.82) is 0 Å². The number of phenolic OH excluding ortho intramolecular Hbond substituents is 1. The van der Waals surface area contributed by atoms with E-state index in [-0.39, 0.29) is 5.75 Å². The molecule has 3 nitrogen and oxygen atoms in total. The Morgan fingerprint density at radius 3 is 2.79 bits per heavy atom. The second kappa shape index (κ2) is 5.22. The molecular formula is C10H14BrNO2. The molecule has 78 valence electrons. The van der Waals surface area contributed by atoms with Crippen LogP contribution in [0.3, 0.4) is 0 Å². The summed E-state index contributed by atoms with van der Waals surface area (Å²) in [6.07, 6.45) is 0. The Morgan fingerprint density at radius 2 is 2.21 bits per heavy atom. The third-order valence-corrected chi connectivity index (χ3v) is 2.49. The van der Waals surface area contributed by atoms with Crippen molar-refractivity contribution < 1.29 is 9.84 Å². The molecule has 0 saturated heterocycles. The molecule has 0 bridgehead atoms. The van der Waals surface area contributed by atoms with Crippen LogP contribution >= 0.6 is 15.9 Å². The predicted molar refractivity (Wildman–Crippen MR) is 59.7 cm³/mol. The molecule has 0 spiro atoms. The van der Waals surface area contributed by atoms with Gasteiger partial charge in [0.1, 0.15) is 0 Å². The molecule has 0 amide bonds. The van der Waals surface area contributed by atoms with Crippen LogP contribution in [-0.4, -0.2) is 18.8 Å². The number of methoxy groups -OCH3 is 1. The Hall–Kier alpha value is -0.740. The molecule has 1 rings (SSSR count). The van der Waals surface area contributed by atoms with Gasteiger partial charge >= 0.3 is 0 Å². The quantitative estimate of drug-likeness (QED) is 0.872. The molecule has 4 heteroatoms. The van der Waals surface area contributed by atoms with E-state index in [9.17, 15) is 5.11 Å². The molecule has 0 aliphatic rings. The maximum Gasteiger partial charge on any atom is 0.172 e. The third-order valence-electron chi connectivity index (χ3n) is 1.89. The molecule has 0 aromatic heterocycles. The summed E-state index contributed by atoms with van der Waals surface area (Å²) in [6.45, 7) is 3.74. The number of phenols is 1. The molecule has 2 N–H and O–H groups in total. The summed E-state index contributed by atoms with van der Waals surface area (Å²) in [5.41, 5.74) is 1.08. The van der Waals surface area contributed by atoms with Crippen LogP contribution in [0.25, 0.3) is 0 Å². The zero-order valence-corrected chi connectivity index (χ0v) is 9.89. The van der Waals surface area contributed by atoms with Crippen molar-refractivity contribution >= 4 is 15.9 Å². The minimum atomic E-state index is 0.146. The molecular weight excluding hydrogens is 246 g/mol.